The van der Waals surface area contributed by atoms with E-state index in [9.17, 15) is 14.3 Å². The van der Waals surface area contributed by atoms with Gasteiger partial charge in [-0.2, -0.15) is 0 Å². The second kappa shape index (κ2) is 10.2. The number of aliphatic hydroxyl groups is 1. The number of pyridine rings is 1. The number of aromatic nitrogens is 1. The minimum Gasteiger partial charge on any atom is -0.492 e. The Bertz CT molecular complexity index is 919. The molecule has 1 aromatic heterocycles. The third kappa shape index (κ3) is 6.51. The average molecular weight is 456 g/mol. The minimum atomic E-state index is -1.15. The van der Waals surface area contributed by atoms with Crippen molar-refractivity contribution in [3.8, 4) is 17.0 Å². The molecule has 2 saturated heterocycles. The zero-order valence-electron chi connectivity index (χ0n) is 19.5. The fraction of sp³-hybridized carbons (Fsp3) is 0.538. The monoisotopic (exact) mass is 455 g/mol. The van der Waals surface area contributed by atoms with E-state index in [1.54, 1.807) is 24.9 Å². The largest absolute Gasteiger partial charge is 0.492 e. The predicted octanol–water partition coefficient (Wildman–Crippen LogP) is 3.79. The number of amides is 1. The number of rotatable bonds is 7. The number of hydrogen-bond acceptors (Lipinski definition) is 5. The average Bonchev–Trinajstić information content (AvgIpc) is 3.24. The number of piperidine rings is 1. The fourth-order valence-electron chi connectivity index (χ4n) is 4.59. The summed E-state index contributed by atoms with van der Waals surface area (Å²) in [7, 11) is 0. The van der Waals surface area contributed by atoms with Crippen LogP contribution in [0.1, 0.15) is 43.5 Å². The summed E-state index contributed by atoms with van der Waals surface area (Å²) in [5, 5.41) is 9.64. The van der Waals surface area contributed by atoms with Crippen LogP contribution in [0.3, 0.4) is 0 Å². The molecule has 1 aromatic carbocycles. The van der Waals surface area contributed by atoms with Crippen molar-refractivity contribution < 1.29 is 19.0 Å². The lowest BCUT2D eigenvalue weighted by atomic mass is 9.97. The standard InChI is InChI=1S/C26H34FN3O3/c1-26(2,27)18-29-12-9-19(10-13-29)17-33-23-7-8-24(28-15-23)20-3-5-21(6-4-20)25(32)30-14-11-22(31)16-30/h3-8,15,19,22,31H,9-14,16-18H2,1-2H3. The summed E-state index contributed by atoms with van der Waals surface area (Å²) < 4.78 is 19.8. The first kappa shape index (κ1) is 23.6. The zero-order valence-corrected chi connectivity index (χ0v) is 19.5. The molecule has 7 heteroatoms. The van der Waals surface area contributed by atoms with Gasteiger partial charge in [0.1, 0.15) is 11.4 Å². The van der Waals surface area contributed by atoms with Crippen LogP contribution in [0.15, 0.2) is 42.6 Å². The summed E-state index contributed by atoms with van der Waals surface area (Å²) in [4.78, 5) is 20.9. The molecule has 2 aliphatic heterocycles. The summed E-state index contributed by atoms with van der Waals surface area (Å²) in [6, 6.07) is 11.3. The van der Waals surface area contributed by atoms with Crippen LogP contribution in [0, 0.1) is 5.92 Å². The molecule has 4 rings (SSSR count). The fourth-order valence-corrected chi connectivity index (χ4v) is 4.59. The van der Waals surface area contributed by atoms with Gasteiger partial charge in [-0.3, -0.25) is 9.78 Å². The molecule has 1 unspecified atom stereocenters. The van der Waals surface area contributed by atoms with E-state index in [2.05, 4.69) is 9.88 Å². The summed E-state index contributed by atoms with van der Waals surface area (Å²) >= 11 is 0. The van der Waals surface area contributed by atoms with E-state index in [0.717, 1.165) is 42.9 Å². The van der Waals surface area contributed by atoms with Crippen molar-refractivity contribution in [2.45, 2.75) is 44.9 Å². The molecule has 2 aliphatic rings. The Balaban J connectivity index is 1.26. The highest BCUT2D eigenvalue weighted by Gasteiger charge is 2.26. The molecule has 0 bridgehead atoms. The van der Waals surface area contributed by atoms with Crippen molar-refractivity contribution in [3.05, 3.63) is 48.2 Å². The molecular formula is C26H34FN3O3. The highest BCUT2D eigenvalue weighted by molar-refractivity contribution is 5.94. The van der Waals surface area contributed by atoms with Gasteiger partial charge in [0.05, 0.1) is 24.6 Å². The number of likely N-dealkylation sites (tertiary alicyclic amines) is 2. The van der Waals surface area contributed by atoms with Crippen LogP contribution in [0.25, 0.3) is 11.3 Å². The van der Waals surface area contributed by atoms with Crippen LogP contribution in [0.2, 0.25) is 0 Å². The predicted molar refractivity (Wildman–Crippen MR) is 126 cm³/mol. The van der Waals surface area contributed by atoms with Crippen LogP contribution in [-0.4, -0.2) is 76.9 Å². The van der Waals surface area contributed by atoms with Crippen LogP contribution in [0.5, 0.6) is 5.75 Å². The third-order valence-corrected chi connectivity index (χ3v) is 6.41. The summed E-state index contributed by atoms with van der Waals surface area (Å²) in [6.07, 6.45) is 3.99. The number of nitrogens with zero attached hydrogens (tertiary/aromatic N) is 3. The molecule has 0 aliphatic carbocycles. The van der Waals surface area contributed by atoms with E-state index in [-0.39, 0.29) is 5.91 Å². The Morgan fingerprint density at radius 1 is 1.12 bits per heavy atom. The molecule has 1 atom stereocenters. The highest BCUT2D eigenvalue weighted by atomic mass is 19.1. The molecule has 3 heterocycles. The van der Waals surface area contributed by atoms with Gasteiger partial charge in [-0.05, 0) is 76.4 Å². The number of hydrogen-bond donors (Lipinski definition) is 1. The summed E-state index contributed by atoms with van der Waals surface area (Å²) in [5.74, 6) is 1.17. The molecule has 0 radical (unpaired) electrons. The molecule has 2 fully saturated rings. The van der Waals surface area contributed by atoms with E-state index in [4.69, 9.17) is 4.74 Å². The van der Waals surface area contributed by atoms with Crippen molar-refractivity contribution in [2.75, 3.05) is 39.3 Å². The number of aliphatic hydroxyl groups excluding tert-OH is 1. The second-order valence-corrected chi connectivity index (χ2v) is 9.90. The molecular weight excluding hydrogens is 421 g/mol. The second-order valence-electron chi connectivity index (χ2n) is 9.90. The van der Waals surface area contributed by atoms with Crippen molar-refractivity contribution in [1.29, 1.82) is 0 Å². The summed E-state index contributed by atoms with van der Waals surface area (Å²) in [5.41, 5.74) is 1.22. The normalized spacial score (nSPS) is 20.2. The highest BCUT2D eigenvalue weighted by Crippen LogP contribution is 2.24. The van der Waals surface area contributed by atoms with Crippen molar-refractivity contribution in [2.24, 2.45) is 5.92 Å². The SMILES string of the molecule is CC(C)(F)CN1CCC(COc2ccc(-c3ccc(C(=O)N4CCC(O)C4)cc3)nc2)CC1. The van der Waals surface area contributed by atoms with E-state index >= 15 is 0 Å². The Morgan fingerprint density at radius 2 is 1.85 bits per heavy atom. The number of carbonyl (C=O) groups excluding carboxylic acids is 1. The summed E-state index contributed by atoms with van der Waals surface area (Å²) in [6.45, 7) is 7.22. The van der Waals surface area contributed by atoms with Crippen LogP contribution in [-0.2, 0) is 0 Å². The van der Waals surface area contributed by atoms with Gasteiger partial charge in [0.2, 0.25) is 0 Å². The molecule has 33 heavy (non-hydrogen) atoms. The van der Waals surface area contributed by atoms with Gasteiger partial charge < -0.3 is 19.6 Å². The van der Waals surface area contributed by atoms with Gasteiger partial charge in [-0.1, -0.05) is 12.1 Å². The lowest BCUT2D eigenvalue weighted by Gasteiger charge is -2.34. The Kier molecular flexibility index (Phi) is 7.29. The Hall–Kier alpha value is -2.51. The van der Waals surface area contributed by atoms with E-state index < -0.39 is 11.8 Å². The van der Waals surface area contributed by atoms with Gasteiger partial charge in [-0.15, -0.1) is 0 Å². The van der Waals surface area contributed by atoms with Crippen molar-refractivity contribution in [1.82, 2.24) is 14.8 Å². The molecule has 2 aromatic rings. The van der Waals surface area contributed by atoms with Gasteiger partial charge in [0, 0.05) is 30.8 Å². The minimum absolute atomic E-state index is 0.0472. The smallest absolute Gasteiger partial charge is 0.253 e. The van der Waals surface area contributed by atoms with E-state index in [1.807, 2.05) is 36.4 Å². The first-order valence-corrected chi connectivity index (χ1v) is 11.8. The lowest BCUT2D eigenvalue weighted by molar-refractivity contribution is 0.0765. The molecule has 0 spiro atoms. The Morgan fingerprint density at radius 3 is 2.42 bits per heavy atom. The van der Waals surface area contributed by atoms with Crippen LogP contribution >= 0.6 is 0 Å². The van der Waals surface area contributed by atoms with Gasteiger partial charge in [0.25, 0.3) is 5.91 Å². The van der Waals surface area contributed by atoms with Gasteiger partial charge >= 0.3 is 0 Å². The number of halogens is 1. The van der Waals surface area contributed by atoms with E-state index in [0.29, 0.717) is 44.1 Å². The maximum atomic E-state index is 13.8. The first-order chi connectivity index (χ1) is 15.8. The van der Waals surface area contributed by atoms with Crippen LogP contribution < -0.4 is 4.74 Å². The third-order valence-electron chi connectivity index (χ3n) is 6.41. The number of benzene rings is 1. The van der Waals surface area contributed by atoms with Crippen LogP contribution in [0.4, 0.5) is 4.39 Å². The van der Waals surface area contributed by atoms with Gasteiger partial charge in [-0.25, -0.2) is 4.39 Å². The number of alkyl halides is 1. The number of ether oxygens (including phenoxy) is 1. The Labute approximate surface area is 195 Å². The zero-order chi connectivity index (χ0) is 23.4. The topological polar surface area (TPSA) is 65.9 Å². The molecule has 1 amide bonds. The molecule has 178 valence electrons. The number of carbonyl (C=O) groups is 1. The maximum absolute atomic E-state index is 13.8. The molecule has 0 saturated carbocycles. The van der Waals surface area contributed by atoms with Crippen molar-refractivity contribution >= 4 is 5.91 Å². The quantitative estimate of drug-likeness (QED) is 0.688. The van der Waals surface area contributed by atoms with Gasteiger partial charge in [0.15, 0.2) is 0 Å². The lowest BCUT2D eigenvalue weighted by Crippen LogP contribution is -2.41. The van der Waals surface area contributed by atoms with Crippen molar-refractivity contribution in [3.63, 3.8) is 0 Å². The molecule has 1 N–H and O–H groups in total. The van der Waals surface area contributed by atoms with E-state index in [1.165, 1.54) is 0 Å². The number of β-amino-alcohol motifs (C(OH)–C–C–N with tert-alkyl or cyclic N) is 1. The first-order valence-electron chi connectivity index (χ1n) is 11.8. The maximum Gasteiger partial charge on any atom is 0.253 e. The molecule has 6 nitrogen and oxygen atoms in total.